The van der Waals surface area contributed by atoms with E-state index < -0.39 is 9.84 Å². The maximum atomic E-state index is 11.1. The molecule has 0 amide bonds. The van der Waals surface area contributed by atoms with E-state index in [0.717, 1.165) is 11.3 Å². The Morgan fingerprint density at radius 2 is 1.94 bits per heavy atom. The minimum Gasteiger partial charge on any atom is -0.399 e. The van der Waals surface area contributed by atoms with Crippen LogP contribution >= 0.6 is 11.3 Å². The molecule has 0 fully saturated rings. The fraction of sp³-hybridized carbons (Fsp3) is 0.182. The van der Waals surface area contributed by atoms with Gasteiger partial charge in [0.2, 0.25) is 0 Å². The third kappa shape index (κ3) is 3.28. The maximum absolute atomic E-state index is 11.1. The molecular formula is C11H12N2O2S2. The Hall–Kier alpha value is -1.40. The molecule has 1 aromatic carbocycles. The molecule has 6 heteroatoms. The third-order valence-corrected chi connectivity index (χ3v) is 3.97. The van der Waals surface area contributed by atoms with E-state index in [1.807, 2.05) is 17.5 Å². The van der Waals surface area contributed by atoms with Gasteiger partial charge >= 0.3 is 0 Å². The molecule has 0 saturated carbocycles. The summed E-state index contributed by atoms with van der Waals surface area (Å²) in [5, 5.41) is 2.46. The zero-order valence-corrected chi connectivity index (χ0v) is 10.9. The number of aromatic nitrogens is 1. The van der Waals surface area contributed by atoms with Crippen molar-refractivity contribution < 1.29 is 8.42 Å². The smallest absolute Gasteiger partial charge is 0.153 e. The van der Waals surface area contributed by atoms with E-state index in [9.17, 15) is 8.42 Å². The van der Waals surface area contributed by atoms with Crippen LogP contribution in [0, 0.1) is 0 Å². The Kier molecular flexibility index (Phi) is 3.17. The van der Waals surface area contributed by atoms with Crippen LogP contribution in [0.4, 0.5) is 5.69 Å². The number of thiazole rings is 1. The van der Waals surface area contributed by atoms with Gasteiger partial charge in [-0.25, -0.2) is 13.4 Å². The van der Waals surface area contributed by atoms with E-state index in [1.165, 1.54) is 17.6 Å². The van der Waals surface area contributed by atoms with Crippen LogP contribution in [-0.4, -0.2) is 19.7 Å². The third-order valence-electron chi connectivity index (χ3n) is 2.14. The Balaban J connectivity index is 2.27. The normalized spacial score (nSPS) is 11.6. The average Bonchev–Trinajstić information content (AvgIpc) is 2.64. The Bertz CT molecular complexity index is 615. The van der Waals surface area contributed by atoms with Crippen molar-refractivity contribution in [2.24, 2.45) is 0 Å². The maximum Gasteiger partial charge on any atom is 0.153 e. The first-order valence-corrected chi connectivity index (χ1v) is 7.86. The molecule has 0 atom stereocenters. The van der Waals surface area contributed by atoms with Crippen molar-refractivity contribution in [2.45, 2.75) is 5.75 Å². The standard InChI is InChI=1S/C11H12N2O2S2/c1-17(14,15)7-11-13-10(6-16-11)8-2-4-9(12)5-3-8/h2-6H,7,12H2,1H3. The Morgan fingerprint density at radius 3 is 2.53 bits per heavy atom. The molecule has 0 aliphatic rings. The lowest BCUT2D eigenvalue weighted by atomic mass is 10.1. The summed E-state index contributed by atoms with van der Waals surface area (Å²) in [6.45, 7) is 0. The fourth-order valence-electron chi connectivity index (χ4n) is 1.39. The predicted octanol–water partition coefficient (Wildman–Crippen LogP) is 1.94. The van der Waals surface area contributed by atoms with Crippen molar-refractivity contribution >= 4 is 26.9 Å². The summed E-state index contributed by atoms with van der Waals surface area (Å²) in [5.41, 5.74) is 8.02. The molecule has 90 valence electrons. The predicted molar refractivity (Wildman–Crippen MR) is 70.5 cm³/mol. The van der Waals surface area contributed by atoms with Crippen molar-refractivity contribution in [3.05, 3.63) is 34.7 Å². The summed E-state index contributed by atoms with van der Waals surface area (Å²) in [4.78, 5) is 4.29. The molecule has 0 radical (unpaired) electrons. The second-order valence-corrected chi connectivity index (χ2v) is 6.90. The van der Waals surface area contributed by atoms with E-state index in [4.69, 9.17) is 5.73 Å². The molecule has 0 aliphatic carbocycles. The van der Waals surface area contributed by atoms with Crippen LogP contribution < -0.4 is 5.73 Å². The van der Waals surface area contributed by atoms with Crippen molar-refractivity contribution in [3.63, 3.8) is 0 Å². The molecule has 2 aromatic rings. The van der Waals surface area contributed by atoms with Crippen LogP contribution in [0.3, 0.4) is 0 Å². The van der Waals surface area contributed by atoms with Gasteiger partial charge in [0.25, 0.3) is 0 Å². The SMILES string of the molecule is CS(=O)(=O)Cc1nc(-c2ccc(N)cc2)cs1. The van der Waals surface area contributed by atoms with Crippen LogP contribution in [-0.2, 0) is 15.6 Å². The van der Waals surface area contributed by atoms with E-state index in [0.29, 0.717) is 10.7 Å². The molecule has 0 saturated heterocycles. The van der Waals surface area contributed by atoms with Gasteiger partial charge in [0.15, 0.2) is 9.84 Å². The van der Waals surface area contributed by atoms with Crippen LogP contribution in [0.15, 0.2) is 29.6 Å². The molecule has 1 heterocycles. The molecule has 4 nitrogen and oxygen atoms in total. The van der Waals surface area contributed by atoms with Crippen LogP contribution in [0.2, 0.25) is 0 Å². The summed E-state index contributed by atoms with van der Waals surface area (Å²) in [6.07, 6.45) is 1.21. The highest BCUT2D eigenvalue weighted by Crippen LogP contribution is 2.23. The number of benzene rings is 1. The minimum atomic E-state index is -3.02. The number of hydrogen-bond donors (Lipinski definition) is 1. The Labute approximate surface area is 104 Å². The summed E-state index contributed by atoms with van der Waals surface area (Å²) in [6, 6.07) is 7.33. The zero-order chi connectivity index (χ0) is 12.5. The lowest BCUT2D eigenvalue weighted by Crippen LogP contribution is -1.99. The highest BCUT2D eigenvalue weighted by molar-refractivity contribution is 7.90. The summed E-state index contributed by atoms with van der Waals surface area (Å²) in [5.74, 6) is -0.00730. The Morgan fingerprint density at radius 1 is 1.29 bits per heavy atom. The van der Waals surface area contributed by atoms with Gasteiger partial charge in [-0.15, -0.1) is 11.3 Å². The lowest BCUT2D eigenvalue weighted by molar-refractivity contribution is 0.601. The average molecular weight is 268 g/mol. The van der Waals surface area contributed by atoms with E-state index >= 15 is 0 Å². The first-order valence-electron chi connectivity index (χ1n) is 4.92. The van der Waals surface area contributed by atoms with Crippen LogP contribution in [0.5, 0.6) is 0 Å². The van der Waals surface area contributed by atoms with Crippen LogP contribution in [0.25, 0.3) is 11.3 Å². The van der Waals surface area contributed by atoms with Gasteiger partial charge in [-0.1, -0.05) is 12.1 Å². The second kappa shape index (κ2) is 4.46. The monoisotopic (exact) mass is 268 g/mol. The van der Waals surface area contributed by atoms with Gasteiger partial charge < -0.3 is 5.73 Å². The number of anilines is 1. The summed E-state index contributed by atoms with van der Waals surface area (Å²) in [7, 11) is -3.02. The van der Waals surface area contributed by atoms with Crippen molar-refractivity contribution in [1.82, 2.24) is 4.98 Å². The molecule has 2 rings (SSSR count). The highest BCUT2D eigenvalue weighted by atomic mass is 32.2. The summed E-state index contributed by atoms with van der Waals surface area (Å²) >= 11 is 1.35. The number of hydrogen-bond acceptors (Lipinski definition) is 5. The van der Waals surface area contributed by atoms with Gasteiger partial charge in [0.05, 0.1) is 5.69 Å². The van der Waals surface area contributed by atoms with E-state index in [1.54, 1.807) is 12.1 Å². The number of sulfone groups is 1. The fourth-order valence-corrected chi connectivity index (χ4v) is 3.40. The molecule has 0 spiro atoms. The van der Waals surface area contributed by atoms with Gasteiger partial charge in [-0.2, -0.15) is 0 Å². The summed E-state index contributed by atoms with van der Waals surface area (Å²) < 4.78 is 22.3. The molecule has 1 aromatic heterocycles. The molecular weight excluding hydrogens is 256 g/mol. The van der Waals surface area contributed by atoms with Gasteiger partial charge in [-0.05, 0) is 12.1 Å². The van der Waals surface area contributed by atoms with Gasteiger partial charge in [-0.3, -0.25) is 0 Å². The first kappa shape index (κ1) is 12.1. The van der Waals surface area contributed by atoms with Gasteiger partial charge in [0.1, 0.15) is 10.8 Å². The minimum absolute atomic E-state index is 0.00730. The van der Waals surface area contributed by atoms with Crippen molar-refractivity contribution in [2.75, 3.05) is 12.0 Å². The number of nitrogens with zero attached hydrogens (tertiary/aromatic N) is 1. The topological polar surface area (TPSA) is 73.0 Å². The molecule has 17 heavy (non-hydrogen) atoms. The van der Waals surface area contributed by atoms with Crippen molar-refractivity contribution in [1.29, 1.82) is 0 Å². The van der Waals surface area contributed by atoms with Crippen molar-refractivity contribution in [3.8, 4) is 11.3 Å². The molecule has 0 aliphatic heterocycles. The molecule has 2 N–H and O–H groups in total. The number of rotatable bonds is 3. The molecule has 0 unspecified atom stereocenters. The van der Waals surface area contributed by atoms with Gasteiger partial charge in [0, 0.05) is 22.9 Å². The van der Waals surface area contributed by atoms with E-state index in [-0.39, 0.29) is 5.75 Å². The highest BCUT2D eigenvalue weighted by Gasteiger charge is 2.09. The second-order valence-electron chi connectivity index (χ2n) is 3.82. The first-order chi connectivity index (χ1) is 7.94. The van der Waals surface area contributed by atoms with Crippen LogP contribution in [0.1, 0.15) is 5.01 Å². The molecule has 0 bridgehead atoms. The van der Waals surface area contributed by atoms with E-state index in [2.05, 4.69) is 4.98 Å². The zero-order valence-electron chi connectivity index (χ0n) is 9.25. The lowest BCUT2D eigenvalue weighted by Gasteiger charge is -1.97. The quantitative estimate of drug-likeness (QED) is 0.863. The largest absolute Gasteiger partial charge is 0.399 e. The number of nitrogen functional groups attached to an aromatic ring is 1. The number of nitrogens with two attached hydrogens (primary N) is 1.